The maximum Gasteiger partial charge on any atom is 0.255 e. The van der Waals surface area contributed by atoms with Gasteiger partial charge in [-0.3, -0.25) is 9.69 Å². The van der Waals surface area contributed by atoms with Crippen LogP contribution in [0.3, 0.4) is 0 Å². The Balaban J connectivity index is 1.99. The molecule has 1 unspecified atom stereocenters. The third-order valence-corrected chi connectivity index (χ3v) is 4.23. The van der Waals surface area contributed by atoms with Gasteiger partial charge in [-0.25, -0.2) is 4.98 Å². The number of pyridine rings is 1. The SMILES string of the molecule is CCC(C)N1CCN(C(=O)c2cnc(N)c(Cl)c2)CC1. The maximum absolute atomic E-state index is 12.4. The number of anilines is 1. The number of hydrogen-bond donors (Lipinski definition) is 1. The summed E-state index contributed by atoms with van der Waals surface area (Å²) in [5, 5.41) is 0.328. The van der Waals surface area contributed by atoms with Crippen molar-refractivity contribution in [2.75, 3.05) is 31.9 Å². The number of nitrogens with zero attached hydrogens (tertiary/aromatic N) is 3. The van der Waals surface area contributed by atoms with Crippen molar-refractivity contribution in [2.45, 2.75) is 26.3 Å². The number of halogens is 1. The third-order valence-electron chi connectivity index (χ3n) is 3.93. The zero-order chi connectivity index (χ0) is 14.7. The minimum Gasteiger partial charge on any atom is -0.382 e. The fourth-order valence-electron chi connectivity index (χ4n) is 2.37. The second kappa shape index (κ2) is 6.41. The Morgan fingerprint density at radius 2 is 2.10 bits per heavy atom. The van der Waals surface area contributed by atoms with Gasteiger partial charge < -0.3 is 10.6 Å². The molecule has 2 heterocycles. The number of nitrogens with two attached hydrogens (primary N) is 1. The Hall–Kier alpha value is -1.33. The number of carbonyl (C=O) groups is 1. The molecule has 2 rings (SSSR count). The van der Waals surface area contributed by atoms with Gasteiger partial charge in [-0.1, -0.05) is 18.5 Å². The van der Waals surface area contributed by atoms with Crippen molar-refractivity contribution in [3.63, 3.8) is 0 Å². The average molecular weight is 297 g/mol. The van der Waals surface area contributed by atoms with Gasteiger partial charge in [-0.15, -0.1) is 0 Å². The first-order valence-corrected chi connectivity index (χ1v) is 7.35. The first-order chi connectivity index (χ1) is 9.52. The largest absolute Gasteiger partial charge is 0.382 e. The predicted molar refractivity (Wildman–Crippen MR) is 80.9 cm³/mol. The molecule has 0 spiro atoms. The molecule has 0 aliphatic carbocycles. The van der Waals surface area contributed by atoms with Crippen LogP contribution in [0.4, 0.5) is 5.82 Å². The van der Waals surface area contributed by atoms with E-state index >= 15 is 0 Å². The lowest BCUT2D eigenvalue weighted by molar-refractivity contribution is 0.0579. The van der Waals surface area contributed by atoms with E-state index in [0.717, 1.165) is 32.6 Å². The zero-order valence-corrected chi connectivity index (χ0v) is 12.7. The number of aromatic nitrogens is 1. The van der Waals surface area contributed by atoms with Crippen LogP contribution >= 0.6 is 11.6 Å². The van der Waals surface area contributed by atoms with Crippen LogP contribution in [0.15, 0.2) is 12.3 Å². The summed E-state index contributed by atoms with van der Waals surface area (Å²) in [7, 11) is 0. The highest BCUT2D eigenvalue weighted by molar-refractivity contribution is 6.33. The first-order valence-electron chi connectivity index (χ1n) is 6.97. The number of piperazine rings is 1. The summed E-state index contributed by atoms with van der Waals surface area (Å²) < 4.78 is 0. The Kier molecular flexibility index (Phi) is 4.83. The second-order valence-electron chi connectivity index (χ2n) is 5.18. The molecular formula is C14H21ClN4O. The first kappa shape index (κ1) is 15.1. The molecule has 0 bridgehead atoms. The van der Waals surface area contributed by atoms with Gasteiger partial charge in [0, 0.05) is 38.4 Å². The Morgan fingerprint density at radius 1 is 1.45 bits per heavy atom. The standard InChI is InChI=1S/C14H21ClN4O/c1-3-10(2)18-4-6-19(7-5-18)14(20)11-8-12(15)13(16)17-9-11/h8-10H,3-7H2,1-2H3,(H2,16,17). The van der Waals surface area contributed by atoms with E-state index in [-0.39, 0.29) is 11.7 Å². The van der Waals surface area contributed by atoms with E-state index in [1.54, 1.807) is 6.07 Å². The molecule has 1 amide bonds. The van der Waals surface area contributed by atoms with Crippen LogP contribution < -0.4 is 5.73 Å². The lowest BCUT2D eigenvalue weighted by atomic mass is 10.1. The summed E-state index contributed by atoms with van der Waals surface area (Å²) in [5.41, 5.74) is 6.06. The highest BCUT2D eigenvalue weighted by atomic mass is 35.5. The van der Waals surface area contributed by atoms with Gasteiger partial charge in [-0.05, 0) is 19.4 Å². The molecule has 1 fully saturated rings. The fraction of sp³-hybridized carbons (Fsp3) is 0.571. The van der Waals surface area contributed by atoms with E-state index in [1.807, 2.05) is 4.90 Å². The van der Waals surface area contributed by atoms with Crippen molar-refractivity contribution in [3.8, 4) is 0 Å². The highest BCUT2D eigenvalue weighted by Crippen LogP contribution is 2.18. The van der Waals surface area contributed by atoms with Crippen molar-refractivity contribution in [3.05, 3.63) is 22.8 Å². The molecule has 6 heteroatoms. The van der Waals surface area contributed by atoms with Gasteiger partial charge in [-0.2, -0.15) is 0 Å². The summed E-state index contributed by atoms with van der Waals surface area (Å²) in [6.07, 6.45) is 2.62. The quantitative estimate of drug-likeness (QED) is 0.925. The van der Waals surface area contributed by atoms with Gasteiger partial charge in [0.2, 0.25) is 0 Å². The van der Waals surface area contributed by atoms with Crippen molar-refractivity contribution < 1.29 is 4.79 Å². The van der Waals surface area contributed by atoms with E-state index in [0.29, 0.717) is 16.6 Å². The molecule has 110 valence electrons. The van der Waals surface area contributed by atoms with Crippen LogP contribution in [0.25, 0.3) is 0 Å². The molecule has 1 aromatic heterocycles. The molecule has 2 N–H and O–H groups in total. The summed E-state index contributed by atoms with van der Waals surface area (Å²) in [6, 6.07) is 2.16. The second-order valence-corrected chi connectivity index (χ2v) is 5.58. The lowest BCUT2D eigenvalue weighted by Crippen LogP contribution is -2.51. The van der Waals surface area contributed by atoms with E-state index < -0.39 is 0 Å². The lowest BCUT2D eigenvalue weighted by Gasteiger charge is -2.37. The monoisotopic (exact) mass is 296 g/mol. The van der Waals surface area contributed by atoms with Crippen LogP contribution in [-0.2, 0) is 0 Å². The van der Waals surface area contributed by atoms with Crippen LogP contribution in [0, 0.1) is 0 Å². The summed E-state index contributed by atoms with van der Waals surface area (Å²) >= 11 is 5.91. The number of carbonyl (C=O) groups excluding carboxylic acids is 1. The van der Waals surface area contributed by atoms with Crippen LogP contribution in [0.2, 0.25) is 5.02 Å². The molecule has 5 nitrogen and oxygen atoms in total. The van der Waals surface area contributed by atoms with E-state index in [1.165, 1.54) is 6.20 Å². The molecule has 0 radical (unpaired) electrons. The number of nitrogen functional groups attached to an aromatic ring is 1. The molecule has 1 atom stereocenters. The van der Waals surface area contributed by atoms with Gasteiger partial charge in [0.1, 0.15) is 5.82 Å². The fourth-order valence-corrected chi connectivity index (χ4v) is 2.54. The van der Waals surface area contributed by atoms with Crippen molar-refractivity contribution >= 4 is 23.3 Å². The van der Waals surface area contributed by atoms with Gasteiger partial charge in [0.25, 0.3) is 5.91 Å². The molecule has 1 aliphatic heterocycles. The summed E-state index contributed by atoms with van der Waals surface area (Å²) in [4.78, 5) is 20.6. The van der Waals surface area contributed by atoms with Crippen LogP contribution in [0.5, 0.6) is 0 Å². The highest BCUT2D eigenvalue weighted by Gasteiger charge is 2.24. The normalized spacial score (nSPS) is 18.1. The minimum absolute atomic E-state index is 0.0248. The van der Waals surface area contributed by atoms with E-state index in [4.69, 9.17) is 17.3 Å². The number of amides is 1. The van der Waals surface area contributed by atoms with Crippen molar-refractivity contribution in [1.29, 1.82) is 0 Å². The molecular weight excluding hydrogens is 276 g/mol. The molecule has 0 aromatic carbocycles. The van der Waals surface area contributed by atoms with Gasteiger partial charge in [0.15, 0.2) is 0 Å². The minimum atomic E-state index is -0.0248. The predicted octanol–water partition coefficient (Wildman–Crippen LogP) is 1.87. The van der Waals surface area contributed by atoms with E-state index in [2.05, 4.69) is 23.7 Å². The molecule has 1 saturated heterocycles. The molecule has 20 heavy (non-hydrogen) atoms. The maximum atomic E-state index is 12.4. The average Bonchev–Trinajstić information content (AvgIpc) is 2.48. The number of hydrogen-bond acceptors (Lipinski definition) is 4. The zero-order valence-electron chi connectivity index (χ0n) is 12.0. The summed E-state index contributed by atoms with van der Waals surface area (Å²) in [5.74, 6) is 0.230. The van der Waals surface area contributed by atoms with E-state index in [9.17, 15) is 4.79 Å². The molecule has 0 saturated carbocycles. The van der Waals surface area contributed by atoms with Crippen LogP contribution in [-0.4, -0.2) is 52.9 Å². The Morgan fingerprint density at radius 3 is 2.65 bits per heavy atom. The van der Waals surface area contributed by atoms with Crippen LogP contribution in [0.1, 0.15) is 30.6 Å². The topological polar surface area (TPSA) is 62.5 Å². The summed E-state index contributed by atoms with van der Waals surface area (Å²) in [6.45, 7) is 7.72. The van der Waals surface area contributed by atoms with Gasteiger partial charge in [0.05, 0.1) is 10.6 Å². The Bertz CT molecular complexity index is 486. The molecule has 1 aromatic rings. The number of rotatable bonds is 3. The van der Waals surface area contributed by atoms with Gasteiger partial charge >= 0.3 is 0 Å². The third kappa shape index (κ3) is 3.22. The molecule has 1 aliphatic rings. The van der Waals surface area contributed by atoms with Crippen molar-refractivity contribution in [2.24, 2.45) is 0 Å². The Labute approximate surface area is 124 Å². The smallest absolute Gasteiger partial charge is 0.255 e. The van der Waals surface area contributed by atoms with Crippen molar-refractivity contribution in [1.82, 2.24) is 14.8 Å².